The van der Waals surface area contributed by atoms with Gasteiger partial charge in [-0.25, -0.2) is 4.39 Å². The highest BCUT2D eigenvalue weighted by Gasteiger charge is 2.12. The summed E-state index contributed by atoms with van der Waals surface area (Å²) in [6, 6.07) is 4.17. The highest BCUT2D eigenvalue weighted by Crippen LogP contribution is 2.14. The van der Waals surface area contributed by atoms with E-state index in [0.29, 0.717) is 0 Å². The molecule has 0 saturated heterocycles. The monoisotopic (exact) mass is 170 g/mol. The topological polar surface area (TPSA) is 51.3 Å². The first-order chi connectivity index (χ1) is 5.79. The Balaban J connectivity index is 3.10. The minimum Gasteiger partial charge on any atom is -0.396 e. The first kappa shape index (κ1) is 8.80. The zero-order chi connectivity index (χ0) is 8.97. The van der Waals surface area contributed by atoms with Crippen molar-refractivity contribution in [1.82, 2.24) is 0 Å². The number of halogens is 1. The third-order valence-corrected chi connectivity index (χ3v) is 1.59. The molecular weight excluding hydrogens is 161 g/mol. The Morgan fingerprint density at radius 1 is 1.50 bits per heavy atom. The van der Waals surface area contributed by atoms with Gasteiger partial charge in [0.25, 0.3) is 5.69 Å². The van der Waals surface area contributed by atoms with E-state index in [9.17, 15) is 9.30 Å². The van der Waals surface area contributed by atoms with Gasteiger partial charge in [-0.3, -0.25) is 0 Å². The van der Waals surface area contributed by atoms with Crippen molar-refractivity contribution < 1.29 is 14.7 Å². The van der Waals surface area contributed by atoms with Gasteiger partial charge in [0.2, 0.25) is 0 Å². The summed E-state index contributed by atoms with van der Waals surface area (Å²) in [4.78, 5) is 10.3. The molecule has 0 radical (unpaired) electrons. The van der Waals surface area contributed by atoms with Crippen LogP contribution in [0.25, 0.3) is 0 Å². The number of aliphatic hydroxyl groups is 1. The lowest BCUT2D eigenvalue weighted by Crippen LogP contribution is -2.56. The molecule has 0 aliphatic rings. The highest BCUT2D eigenvalue weighted by atomic mass is 19.1. The average Bonchev–Trinajstić information content (AvgIpc) is 2.09. The number of hydrogen-bond donors (Lipinski definition) is 2. The lowest BCUT2D eigenvalue weighted by Gasteiger charge is -1.97. The predicted molar refractivity (Wildman–Crippen MR) is 41.2 cm³/mol. The van der Waals surface area contributed by atoms with Crippen LogP contribution in [0.15, 0.2) is 18.2 Å². The molecule has 0 heterocycles. The van der Waals surface area contributed by atoms with Crippen molar-refractivity contribution in [3.8, 4) is 0 Å². The van der Waals surface area contributed by atoms with Crippen molar-refractivity contribution in [3.05, 3.63) is 34.5 Å². The molecule has 0 amide bonds. The van der Waals surface area contributed by atoms with Crippen LogP contribution in [-0.4, -0.2) is 11.7 Å². The van der Waals surface area contributed by atoms with Crippen molar-refractivity contribution in [2.45, 2.75) is 6.42 Å². The second-order valence-electron chi connectivity index (χ2n) is 2.34. The van der Waals surface area contributed by atoms with Gasteiger partial charge in [0, 0.05) is 29.2 Å². The number of hydrogen-bond acceptors (Lipinski definition) is 2. The average molecular weight is 170 g/mol. The van der Waals surface area contributed by atoms with E-state index >= 15 is 0 Å². The minimum atomic E-state index is -0.468. The maximum Gasteiger partial charge on any atom is 0.259 e. The molecule has 0 spiro atoms. The molecule has 1 aromatic rings. The van der Waals surface area contributed by atoms with Crippen LogP contribution in [0.4, 0.5) is 10.1 Å². The summed E-state index contributed by atoms with van der Waals surface area (Å²) in [7, 11) is 0. The molecular formula is C8H9FNO2+. The SMILES string of the molecule is O=[NH+]c1cccc(F)c1CCO. The van der Waals surface area contributed by atoms with E-state index in [1.54, 1.807) is 5.18 Å². The van der Waals surface area contributed by atoms with Crippen molar-refractivity contribution in [2.24, 2.45) is 0 Å². The molecule has 0 aliphatic heterocycles. The van der Waals surface area contributed by atoms with E-state index in [1.807, 2.05) is 0 Å². The maximum atomic E-state index is 12.9. The lowest BCUT2D eigenvalue weighted by molar-refractivity contribution is -0.380. The van der Waals surface area contributed by atoms with Crippen LogP contribution < -0.4 is 5.18 Å². The van der Waals surface area contributed by atoms with Crippen LogP contribution in [0.1, 0.15) is 5.56 Å². The molecule has 0 bridgehead atoms. The van der Waals surface area contributed by atoms with Crippen LogP contribution in [0.2, 0.25) is 0 Å². The molecule has 4 heteroatoms. The van der Waals surface area contributed by atoms with E-state index < -0.39 is 5.82 Å². The molecule has 12 heavy (non-hydrogen) atoms. The fourth-order valence-electron chi connectivity index (χ4n) is 1.02. The van der Waals surface area contributed by atoms with Gasteiger partial charge >= 0.3 is 0 Å². The van der Waals surface area contributed by atoms with E-state index in [-0.39, 0.29) is 24.3 Å². The zero-order valence-corrected chi connectivity index (χ0v) is 6.38. The third-order valence-electron chi connectivity index (χ3n) is 1.59. The molecule has 2 N–H and O–H groups in total. The summed E-state index contributed by atoms with van der Waals surface area (Å²) in [5.41, 5.74) is 0.416. The molecule has 0 fully saturated rings. The largest absolute Gasteiger partial charge is 0.396 e. The van der Waals surface area contributed by atoms with E-state index in [2.05, 4.69) is 0 Å². The number of benzene rings is 1. The molecule has 0 saturated carbocycles. The number of nitroso groups, excluding NO2 is 1. The van der Waals surface area contributed by atoms with Gasteiger partial charge < -0.3 is 5.11 Å². The molecule has 0 aliphatic carbocycles. The molecule has 1 aromatic carbocycles. The van der Waals surface area contributed by atoms with Gasteiger partial charge in [0.1, 0.15) is 5.82 Å². The van der Waals surface area contributed by atoms with E-state index in [1.165, 1.54) is 18.2 Å². The van der Waals surface area contributed by atoms with Crippen LogP contribution >= 0.6 is 0 Å². The summed E-state index contributed by atoms with van der Waals surface area (Å²) in [5.74, 6) is -0.468. The van der Waals surface area contributed by atoms with Gasteiger partial charge in [-0.2, -0.15) is 0 Å². The summed E-state index contributed by atoms with van der Waals surface area (Å²) in [6.07, 6.45) is 0.150. The Hall–Kier alpha value is -1.29. The van der Waals surface area contributed by atoms with Crippen molar-refractivity contribution in [1.29, 1.82) is 0 Å². The van der Waals surface area contributed by atoms with Gasteiger partial charge in [0.05, 0.1) is 5.56 Å². The summed E-state index contributed by atoms with van der Waals surface area (Å²) in [6.45, 7) is -0.171. The van der Waals surface area contributed by atoms with Crippen LogP contribution in [0.3, 0.4) is 0 Å². The van der Waals surface area contributed by atoms with Gasteiger partial charge in [0.15, 0.2) is 0 Å². The standard InChI is InChI=1S/C8H8FNO2/c9-7-2-1-3-8(10-12)6(7)4-5-11/h1-3,11H,4-5H2/p+1. The molecule has 0 aromatic heterocycles. The highest BCUT2D eigenvalue weighted by molar-refractivity contribution is 5.39. The first-order valence-corrected chi connectivity index (χ1v) is 3.56. The first-order valence-electron chi connectivity index (χ1n) is 3.56. The normalized spacial score (nSPS) is 9.83. The van der Waals surface area contributed by atoms with Crippen LogP contribution in [-0.2, 0) is 6.42 Å². The minimum absolute atomic E-state index is 0.150. The molecule has 0 unspecified atom stereocenters. The molecule has 64 valence electrons. The Kier molecular flexibility index (Phi) is 2.88. The molecule has 1 rings (SSSR count). The number of nitrogens with one attached hydrogen (secondary N) is 1. The second-order valence-corrected chi connectivity index (χ2v) is 2.34. The number of rotatable bonds is 3. The lowest BCUT2D eigenvalue weighted by atomic mass is 10.1. The maximum absolute atomic E-state index is 12.9. The molecule has 0 atom stereocenters. The van der Waals surface area contributed by atoms with Gasteiger partial charge in [-0.15, -0.1) is 0 Å². The zero-order valence-electron chi connectivity index (χ0n) is 6.38. The van der Waals surface area contributed by atoms with Crippen molar-refractivity contribution >= 4 is 5.69 Å². The number of aliphatic hydroxyl groups excluding tert-OH is 1. The van der Waals surface area contributed by atoms with Crippen molar-refractivity contribution in [3.63, 3.8) is 0 Å². The fraction of sp³-hybridized carbons (Fsp3) is 0.250. The molecule has 3 nitrogen and oxygen atoms in total. The van der Waals surface area contributed by atoms with Gasteiger partial charge in [-0.1, -0.05) is 6.07 Å². The van der Waals surface area contributed by atoms with Crippen LogP contribution in [0.5, 0.6) is 0 Å². The van der Waals surface area contributed by atoms with Gasteiger partial charge in [-0.05, 0) is 6.07 Å². The Labute approximate surface area is 68.8 Å². The third kappa shape index (κ3) is 1.65. The smallest absolute Gasteiger partial charge is 0.259 e. The Bertz CT molecular complexity index is 288. The van der Waals surface area contributed by atoms with E-state index in [0.717, 1.165) is 0 Å². The van der Waals surface area contributed by atoms with Crippen LogP contribution in [0, 0.1) is 10.7 Å². The quantitative estimate of drug-likeness (QED) is 0.662. The van der Waals surface area contributed by atoms with E-state index in [4.69, 9.17) is 5.11 Å². The Morgan fingerprint density at radius 2 is 2.25 bits per heavy atom. The Morgan fingerprint density at radius 3 is 2.83 bits per heavy atom. The van der Waals surface area contributed by atoms with Crippen molar-refractivity contribution in [2.75, 3.05) is 6.61 Å². The fourth-order valence-corrected chi connectivity index (χ4v) is 1.02. The summed E-state index contributed by atoms with van der Waals surface area (Å²) >= 11 is 0. The summed E-state index contributed by atoms with van der Waals surface area (Å²) in [5, 5.41) is 10.2. The predicted octanol–water partition coefficient (Wildman–Crippen LogP) is -0.161. The second kappa shape index (κ2) is 3.92. The summed E-state index contributed by atoms with van der Waals surface area (Å²) < 4.78 is 12.9.